The number of nitrogens with zero attached hydrogens (tertiary/aromatic N) is 1. The Bertz CT molecular complexity index is 821. The van der Waals surface area contributed by atoms with Gasteiger partial charge in [0.05, 0.1) is 13.2 Å². The molecule has 27 heavy (non-hydrogen) atoms. The molecule has 0 saturated heterocycles. The lowest BCUT2D eigenvalue weighted by Crippen LogP contribution is -2.36. The number of nitrogens with one attached hydrogen (secondary N) is 1. The second-order valence-corrected chi connectivity index (χ2v) is 7.41. The number of hydrogen-bond acceptors (Lipinski definition) is 9. The van der Waals surface area contributed by atoms with E-state index in [9.17, 15) is 19.3 Å². The number of H-pyrrole nitrogens is 1. The third-order valence-corrected chi connectivity index (χ3v) is 5.39. The number of hydrogen-bond donors (Lipinski definition) is 2. The van der Waals surface area contributed by atoms with Crippen LogP contribution in [0.5, 0.6) is 0 Å². The van der Waals surface area contributed by atoms with Crippen molar-refractivity contribution in [3.63, 3.8) is 0 Å². The fraction of sp³-hybridized carbons (Fsp3) is 0.600. The highest BCUT2D eigenvalue weighted by Gasteiger charge is 2.39. The highest BCUT2D eigenvalue weighted by Crippen LogP contribution is 2.48. The first-order valence-electron chi connectivity index (χ1n) is 8.24. The predicted molar refractivity (Wildman–Crippen MR) is 93.6 cm³/mol. The van der Waals surface area contributed by atoms with Crippen molar-refractivity contribution >= 4 is 7.60 Å². The van der Waals surface area contributed by atoms with Crippen LogP contribution in [0.4, 0.5) is 0 Å². The number of aliphatic hydroxyl groups excluding tert-OH is 1. The maximum absolute atomic E-state index is 12.4. The summed E-state index contributed by atoms with van der Waals surface area (Å²) in [4.78, 5) is 25.3. The van der Waals surface area contributed by atoms with Crippen molar-refractivity contribution in [1.82, 2.24) is 9.55 Å². The van der Waals surface area contributed by atoms with Crippen LogP contribution in [0.2, 0.25) is 0 Å². The molecule has 2 N–H and O–H groups in total. The number of rotatable bonds is 10. The third kappa shape index (κ3) is 5.08. The highest BCUT2D eigenvalue weighted by atomic mass is 31.2. The molecule has 0 spiro atoms. The molecule has 0 aliphatic carbocycles. The van der Waals surface area contributed by atoms with Crippen LogP contribution in [0, 0.1) is 0 Å². The van der Waals surface area contributed by atoms with E-state index in [1.54, 1.807) is 13.8 Å². The first kappa shape index (κ1) is 21.4. The molecule has 2 heterocycles. The molecular formula is C15H23N2O9P. The zero-order chi connectivity index (χ0) is 20.0. The molecule has 0 aromatic carbocycles. The van der Waals surface area contributed by atoms with E-state index in [1.807, 2.05) is 0 Å². The number of aromatic amines is 1. The summed E-state index contributed by atoms with van der Waals surface area (Å²) < 4.78 is 39.7. The molecule has 1 aliphatic rings. The van der Waals surface area contributed by atoms with Crippen LogP contribution < -0.4 is 11.2 Å². The molecule has 0 amide bonds. The lowest BCUT2D eigenvalue weighted by atomic mass is 10.2. The van der Waals surface area contributed by atoms with Crippen LogP contribution in [-0.2, 0) is 27.8 Å². The first-order valence-corrected chi connectivity index (χ1v) is 9.96. The van der Waals surface area contributed by atoms with E-state index >= 15 is 0 Å². The SMILES string of the molecule is CCOP(=O)(COCC1=C(O)C(OC)[C@H](n2ccc(=O)[nH]c2=O)O1)OCC. The van der Waals surface area contributed by atoms with E-state index in [2.05, 4.69) is 4.98 Å². The average Bonchev–Trinajstić information content (AvgIpc) is 2.91. The summed E-state index contributed by atoms with van der Waals surface area (Å²) in [6, 6.07) is 1.14. The fourth-order valence-corrected chi connectivity index (χ4v) is 3.81. The lowest BCUT2D eigenvalue weighted by molar-refractivity contribution is -0.0396. The van der Waals surface area contributed by atoms with Gasteiger partial charge in [-0.2, -0.15) is 0 Å². The standard InChI is InChI=1S/C15H23N2O9P/c1-4-24-27(21,25-5-2)9-23-8-10-12(19)13(22-3)14(26-10)17-7-6-11(18)16-15(17)20/h6-7,13-14,19H,4-5,8-9H2,1-3H3,(H,16,18,20)/t13?,14-/m1/s1. The largest absolute Gasteiger partial charge is 0.506 e. The van der Waals surface area contributed by atoms with Gasteiger partial charge in [0.25, 0.3) is 5.56 Å². The number of methoxy groups -OCH3 is 1. The maximum atomic E-state index is 12.4. The molecule has 1 aromatic heterocycles. The summed E-state index contributed by atoms with van der Waals surface area (Å²) >= 11 is 0. The molecule has 1 aromatic rings. The van der Waals surface area contributed by atoms with E-state index in [1.165, 1.54) is 13.3 Å². The van der Waals surface area contributed by atoms with Crippen molar-refractivity contribution in [3.8, 4) is 0 Å². The molecule has 152 valence electrons. The molecule has 12 heteroatoms. The van der Waals surface area contributed by atoms with Crippen LogP contribution in [0.1, 0.15) is 20.1 Å². The molecule has 1 unspecified atom stereocenters. The minimum atomic E-state index is -3.41. The van der Waals surface area contributed by atoms with Crippen LogP contribution in [0.3, 0.4) is 0 Å². The number of aromatic nitrogens is 2. The van der Waals surface area contributed by atoms with Gasteiger partial charge in [-0.05, 0) is 13.8 Å². The van der Waals surface area contributed by atoms with Gasteiger partial charge in [0, 0.05) is 19.4 Å². The molecule has 0 fully saturated rings. The summed E-state index contributed by atoms with van der Waals surface area (Å²) in [5.74, 6) is -0.271. The normalized spacial score (nSPS) is 20.1. The summed E-state index contributed by atoms with van der Waals surface area (Å²) in [5.41, 5.74) is -1.28. The Balaban J connectivity index is 2.09. The van der Waals surface area contributed by atoms with Gasteiger partial charge in [-0.3, -0.25) is 18.9 Å². The average molecular weight is 406 g/mol. The smallest absolute Gasteiger partial charge is 0.356 e. The van der Waals surface area contributed by atoms with Gasteiger partial charge >= 0.3 is 13.3 Å². The Hall–Kier alpha value is -1.91. The summed E-state index contributed by atoms with van der Waals surface area (Å²) in [6.45, 7) is 3.48. The molecule has 0 radical (unpaired) electrons. The number of ether oxygens (including phenoxy) is 3. The van der Waals surface area contributed by atoms with Crippen molar-refractivity contribution < 1.29 is 32.9 Å². The third-order valence-electron chi connectivity index (χ3n) is 3.59. The van der Waals surface area contributed by atoms with Gasteiger partial charge in [0.2, 0.25) is 6.23 Å². The topological polar surface area (TPSA) is 138 Å². The van der Waals surface area contributed by atoms with Crippen LogP contribution >= 0.6 is 7.60 Å². The minimum Gasteiger partial charge on any atom is -0.506 e. The Morgan fingerprint density at radius 2 is 1.96 bits per heavy atom. The van der Waals surface area contributed by atoms with E-state index in [0.29, 0.717) is 0 Å². The second-order valence-electron chi connectivity index (χ2n) is 5.41. The van der Waals surface area contributed by atoms with E-state index in [-0.39, 0.29) is 37.7 Å². The molecule has 2 atom stereocenters. The van der Waals surface area contributed by atoms with Crippen molar-refractivity contribution in [2.45, 2.75) is 26.2 Å². The van der Waals surface area contributed by atoms with E-state index in [4.69, 9.17) is 23.3 Å². The van der Waals surface area contributed by atoms with Gasteiger partial charge in [-0.25, -0.2) is 4.79 Å². The summed E-state index contributed by atoms with van der Waals surface area (Å²) in [7, 11) is -2.08. The molecule has 2 rings (SSSR count). The van der Waals surface area contributed by atoms with Gasteiger partial charge in [-0.15, -0.1) is 0 Å². The zero-order valence-electron chi connectivity index (χ0n) is 15.2. The van der Waals surface area contributed by atoms with Crippen molar-refractivity contribution in [3.05, 3.63) is 44.6 Å². The van der Waals surface area contributed by atoms with E-state index < -0.39 is 31.2 Å². The van der Waals surface area contributed by atoms with E-state index in [0.717, 1.165) is 10.6 Å². The maximum Gasteiger partial charge on any atom is 0.356 e. The van der Waals surface area contributed by atoms with Crippen LogP contribution in [0.25, 0.3) is 0 Å². The fourth-order valence-electron chi connectivity index (χ4n) is 2.48. The first-order chi connectivity index (χ1) is 12.8. The molecule has 0 bridgehead atoms. The molecular weight excluding hydrogens is 383 g/mol. The summed E-state index contributed by atoms with van der Waals surface area (Å²) in [5, 5.41) is 10.3. The highest BCUT2D eigenvalue weighted by molar-refractivity contribution is 7.53. The minimum absolute atomic E-state index is 0.00416. The lowest BCUT2D eigenvalue weighted by Gasteiger charge is -2.20. The van der Waals surface area contributed by atoms with Gasteiger partial charge in [0.1, 0.15) is 13.0 Å². The van der Waals surface area contributed by atoms with Crippen LogP contribution in [0.15, 0.2) is 33.4 Å². The van der Waals surface area contributed by atoms with Crippen molar-refractivity contribution in [2.75, 3.05) is 33.3 Å². The molecule has 1 aliphatic heterocycles. The molecule has 0 saturated carbocycles. The second kappa shape index (κ2) is 9.34. The van der Waals surface area contributed by atoms with Gasteiger partial charge in [-0.1, -0.05) is 0 Å². The van der Waals surface area contributed by atoms with Gasteiger partial charge in [0.15, 0.2) is 17.6 Å². The Morgan fingerprint density at radius 3 is 2.52 bits per heavy atom. The number of aliphatic hydroxyl groups is 1. The van der Waals surface area contributed by atoms with Gasteiger partial charge < -0.3 is 28.4 Å². The zero-order valence-corrected chi connectivity index (χ0v) is 16.1. The Kier molecular flexibility index (Phi) is 7.40. The molecule has 11 nitrogen and oxygen atoms in total. The van der Waals surface area contributed by atoms with Crippen molar-refractivity contribution in [1.29, 1.82) is 0 Å². The predicted octanol–water partition coefficient (Wildman–Crippen LogP) is 1.09. The van der Waals surface area contributed by atoms with Crippen molar-refractivity contribution in [2.24, 2.45) is 0 Å². The Morgan fingerprint density at radius 1 is 1.30 bits per heavy atom. The quantitative estimate of drug-likeness (QED) is 0.547. The Labute approximate surface area is 155 Å². The monoisotopic (exact) mass is 406 g/mol. The van der Waals surface area contributed by atoms with Crippen LogP contribution in [-0.4, -0.2) is 54.0 Å². The summed E-state index contributed by atoms with van der Waals surface area (Å²) in [6.07, 6.45) is -1.13.